The lowest BCUT2D eigenvalue weighted by Gasteiger charge is -2.21. The van der Waals surface area contributed by atoms with Crippen LogP contribution in [0.5, 0.6) is 0 Å². The van der Waals surface area contributed by atoms with Gasteiger partial charge in [0.15, 0.2) is 0 Å². The fourth-order valence-corrected chi connectivity index (χ4v) is 3.61. The number of hydrogen-bond donors (Lipinski definition) is 3. The van der Waals surface area contributed by atoms with Crippen LogP contribution >= 0.6 is 11.6 Å². The second kappa shape index (κ2) is 6.95. The Balaban J connectivity index is 3.18. The second-order valence-electron chi connectivity index (χ2n) is 6.06. The lowest BCUT2D eigenvalue weighted by atomic mass is 10.1. The predicted molar refractivity (Wildman–Crippen MR) is 85.5 cm³/mol. The first-order valence-corrected chi connectivity index (χ1v) is 8.57. The third-order valence-electron chi connectivity index (χ3n) is 2.57. The number of aliphatic hydroxyl groups excluding tert-OH is 1. The van der Waals surface area contributed by atoms with Crippen LogP contribution in [0, 0.1) is 0 Å². The molecule has 1 aromatic carbocycles. The maximum Gasteiger partial charge on any atom is 0.251 e. The molecule has 1 rings (SSSR count). The maximum absolute atomic E-state index is 12.4. The number of halogens is 1. The molecule has 0 aliphatic heterocycles. The molecule has 0 aromatic heterocycles. The summed E-state index contributed by atoms with van der Waals surface area (Å²) in [7, 11) is -3.85. The maximum atomic E-state index is 12.4. The Hall–Kier alpha value is -1.15. The summed E-state index contributed by atoms with van der Waals surface area (Å²) in [4.78, 5) is 11.9. The minimum atomic E-state index is -3.85. The Bertz CT molecular complexity index is 653. The van der Waals surface area contributed by atoms with Gasteiger partial charge in [0.1, 0.15) is 4.90 Å². The highest BCUT2D eigenvalue weighted by Crippen LogP contribution is 2.24. The molecule has 0 heterocycles. The molecule has 22 heavy (non-hydrogen) atoms. The average molecular weight is 349 g/mol. The highest BCUT2D eigenvalue weighted by Gasteiger charge is 2.25. The standard InChI is InChI=1S/C14H21ClN2O4S/c1-9(8-18)16-13(19)10-5-6-11(15)12(7-10)22(20,21)17-14(2,3)4/h5-7,9,17-18H,8H2,1-4H3,(H,16,19). The summed E-state index contributed by atoms with van der Waals surface area (Å²) < 4.78 is 27.2. The first kappa shape index (κ1) is 18.9. The molecule has 0 fully saturated rings. The number of benzene rings is 1. The van der Waals surface area contributed by atoms with Crippen molar-refractivity contribution in [3.05, 3.63) is 28.8 Å². The summed E-state index contributed by atoms with van der Waals surface area (Å²) >= 11 is 5.96. The van der Waals surface area contributed by atoms with Crippen molar-refractivity contribution in [3.8, 4) is 0 Å². The minimum absolute atomic E-state index is 0.0310. The van der Waals surface area contributed by atoms with Crippen LogP contribution in [-0.2, 0) is 10.0 Å². The molecule has 1 atom stereocenters. The molecular formula is C14H21ClN2O4S. The first-order valence-electron chi connectivity index (χ1n) is 6.71. The minimum Gasteiger partial charge on any atom is -0.394 e. The summed E-state index contributed by atoms with van der Waals surface area (Å²) in [5.41, 5.74) is -0.523. The SMILES string of the molecule is CC(CO)NC(=O)c1ccc(Cl)c(S(=O)(=O)NC(C)(C)C)c1. The Kier molecular flexibility index (Phi) is 5.97. The van der Waals surface area contributed by atoms with Crippen LogP contribution in [-0.4, -0.2) is 37.6 Å². The topological polar surface area (TPSA) is 95.5 Å². The zero-order valence-corrected chi connectivity index (χ0v) is 14.5. The molecule has 0 aliphatic carbocycles. The van der Waals surface area contributed by atoms with Gasteiger partial charge in [0.2, 0.25) is 10.0 Å². The number of hydrogen-bond acceptors (Lipinski definition) is 4. The van der Waals surface area contributed by atoms with Gasteiger partial charge in [0.25, 0.3) is 5.91 Å². The van der Waals surface area contributed by atoms with Gasteiger partial charge in [0.05, 0.1) is 11.6 Å². The fraction of sp³-hybridized carbons (Fsp3) is 0.500. The largest absolute Gasteiger partial charge is 0.394 e. The summed E-state index contributed by atoms with van der Waals surface area (Å²) in [5.74, 6) is -0.481. The molecule has 3 N–H and O–H groups in total. The van der Waals surface area contributed by atoms with E-state index in [0.29, 0.717) is 0 Å². The molecule has 0 bridgehead atoms. The van der Waals surface area contributed by atoms with Gasteiger partial charge < -0.3 is 10.4 Å². The van der Waals surface area contributed by atoms with Gasteiger partial charge in [-0.15, -0.1) is 0 Å². The van der Waals surface area contributed by atoms with Crippen LogP contribution in [0.4, 0.5) is 0 Å². The molecule has 0 saturated carbocycles. The van der Waals surface area contributed by atoms with Gasteiger partial charge in [-0.2, -0.15) is 0 Å². The van der Waals surface area contributed by atoms with Gasteiger partial charge >= 0.3 is 0 Å². The monoisotopic (exact) mass is 348 g/mol. The van der Waals surface area contributed by atoms with E-state index in [-0.39, 0.29) is 22.1 Å². The zero-order chi connectivity index (χ0) is 17.1. The quantitative estimate of drug-likeness (QED) is 0.752. The van der Waals surface area contributed by atoms with Crippen LogP contribution in [0.2, 0.25) is 5.02 Å². The highest BCUT2D eigenvalue weighted by molar-refractivity contribution is 7.89. The lowest BCUT2D eigenvalue weighted by molar-refractivity contribution is 0.0922. The van der Waals surface area contributed by atoms with Crippen LogP contribution in [0.25, 0.3) is 0 Å². The van der Waals surface area contributed by atoms with Crippen molar-refractivity contribution < 1.29 is 18.3 Å². The van der Waals surface area contributed by atoms with Gasteiger partial charge in [-0.1, -0.05) is 11.6 Å². The van der Waals surface area contributed by atoms with E-state index in [9.17, 15) is 13.2 Å². The van der Waals surface area contributed by atoms with E-state index >= 15 is 0 Å². The van der Waals surface area contributed by atoms with E-state index in [1.165, 1.54) is 18.2 Å². The molecule has 6 nitrogen and oxygen atoms in total. The van der Waals surface area contributed by atoms with Crippen LogP contribution in [0.15, 0.2) is 23.1 Å². The van der Waals surface area contributed by atoms with Crippen molar-refractivity contribution in [2.45, 2.75) is 44.2 Å². The Morgan fingerprint density at radius 2 is 1.95 bits per heavy atom. The van der Waals surface area contributed by atoms with Crippen LogP contribution in [0.3, 0.4) is 0 Å². The van der Waals surface area contributed by atoms with Crippen molar-refractivity contribution >= 4 is 27.5 Å². The number of rotatable bonds is 5. The van der Waals surface area contributed by atoms with E-state index < -0.39 is 27.5 Å². The highest BCUT2D eigenvalue weighted by atomic mass is 35.5. The van der Waals surface area contributed by atoms with Gasteiger partial charge in [-0.3, -0.25) is 4.79 Å². The number of amides is 1. The van der Waals surface area contributed by atoms with E-state index in [4.69, 9.17) is 16.7 Å². The second-order valence-corrected chi connectivity index (χ2v) is 8.12. The number of carbonyl (C=O) groups is 1. The Morgan fingerprint density at radius 3 is 2.45 bits per heavy atom. The van der Waals surface area contributed by atoms with E-state index in [1.54, 1.807) is 27.7 Å². The molecule has 124 valence electrons. The van der Waals surface area contributed by atoms with Crippen LogP contribution < -0.4 is 10.0 Å². The first-order chi connectivity index (χ1) is 9.96. The molecule has 1 amide bonds. The normalized spacial score (nSPS) is 13.7. The van der Waals surface area contributed by atoms with E-state index in [2.05, 4.69) is 10.0 Å². The van der Waals surface area contributed by atoms with Crippen molar-refractivity contribution in [1.82, 2.24) is 10.0 Å². The number of nitrogens with one attached hydrogen (secondary N) is 2. The zero-order valence-electron chi connectivity index (χ0n) is 13.0. The van der Waals surface area contributed by atoms with Crippen molar-refractivity contribution in [1.29, 1.82) is 0 Å². The van der Waals surface area contributed by atoms with Crippen molar-refractivity contribution in [2.24, 2.45) is 0 Å². The van der Waals surface area contributed by atoms with Crippen LogP contribution in [0.1, 0.15) is 38.1 Å². The fourth-order valence-electron chi connectivity index (χ4n) is 1.66. The molecule has 0 saturated heterocycles. The summed E-state index contributed by atoms with van der Waals surface area (Å²) in [5, 5.41) is 11.5. The molecule has 0 radical (unpaired) electrons. The number of aliphatic hydroxyl groups is 1. The summed E-state index contributed by atoms with van der Waals surface area (Å²) in [6.45, 7) is 6.54. The molecular weight excluding hydrogens is 328 g/mol. The van der Waals surface area contributed by atoms with Crippen molar-refractivity contribution in [3.63, 3.8) is 0 Å². The van der Waals surface area contributed by atoms with E-state index in [1.807, 2.05) is 0 Å². The molecule has 1 aromatic rings. The van der Waals surface area contributed by atoms with E-state index in [0.717, 1.165) is 0 Å². The van der Waals surface area contributed by atoms with Gasteiger partial charge in [-0.25, -0.2) is 13.1 Å². The van der Waals surface area contributed by atoms with Gasteiger partial charge in [-0.05, 0) is 45.9 Å². The predicted octanol–water partition coefficient (Wildman–Crippen LogP) is 1.53. The molecule has 1 unspecified atom stereocenters. The number of sulfonamides is 1. The summed E-state index contributed by atoms with van der Waals surface area (Å²) in [6, 6.07) is 3.57. The molecule has 8 heteroatoms. The molecule has 0 spiro atoms. The molecule has 0 aliphatic rings. The lowest BCUT2D eigenvalue weighted by Crippen LogP contribution is -2.40. The third-order valence-corrected chi connectivity index (χ3v) is 4.81. The Labute approximate surface area is 135 Å². The number of carbonyl (C=O) groups excluding carboxylic acids is 1. The smallest absolute Gasteiger partial charge is 0.251 e. The average Bonchev–Trinajstić information content (AvgIpc) is 2.35. The van der Waals surface area contributed by atoms with Crippen molar-refractivity contribution in [2.75, 3.05) is 6.61 Å². The summed E-state index contributed by atoms with van der Waals surface area (Å²) in [6.07, 6.45) is 0. The Morgan fingerprint density at radius 1 is 1.36 bits per heavy atom. The van der Waals surface area contributed by atoms with Gasteiger partial charge in [0, 0.05) is 17.1 Å². The third kappa shape index (κ3) is 5.24.